The molecule has 2 rings (SSSR count). The van der Waals surface area contributed by atoms with Crippen LogP contribution < -0.4 is 9.47 Å². The van der Waals surface area contributed by atoms with Gasteiger partial charge in [-0.25, -0.2) is 4.79 Å². The number of ether oxygens (including phenoxy) is 3. The molecule has 0 aliphatic carbocycles. The summed E-state index contributed by atoms with van der Waals surface area (Å²) in [6.07, 6.45) is 0. The molecule has 0 bridgehead atoms. The normalized spacial score (nSPS) is 10.3. The number of carbonyl (C=O) groups is 1. The quantitative estimate of drug-likeness (QED) is 0.790. The third kappa shape index (κ3) is 3.97. The average Bonchev–Trinajstić information content (AvgIpc) is 2.55. The van der Waals surface area contributed by atoms with E-state index < -0.39 is 5.97 Å². The Morgan fingerprint density at radius 2 is 1.61 bits per heavy atom. The Morgan fingerprint density at radius 1 is 0.957 bits per heavy atom. The van der Waals surface area contributed by atoms with E-state index in [-0.39, 0.29) is 6.61 Å². The Hall–Kier alpha value is -2.63. The van der Waals surface area contributed by atoms with Gasteiger partial charge in [0.05, 0.1) is 42.6 Å². The van der Waals surface area contributed by atoms with Crippen molar-refractivity contribution in [1.82, 2.24) is 9.97 Å². The van der Waals surface area contributed by atoms with Crippen LogP contribution in [-0.4, -0.2) is 30.2 Å². The molecule has 0 spiro atoms. The molecule has 0 aliphatic heterocycles. The first kappa shape index (κ1) is 16.7. The largest absolute Gasteiger partial charge is 0.497 e. The minimum atomic E-state index is -0.448. The highest BCUT2D eigenvalue weighted by Crippen LogP contribution is 2.24. The third-order valence-electron chi connectivity index (χ3n) is 3.49. The van der Waals surface area contributed by atoms with Crippen LogP contribution in [0.15, 0.2) is 18.2 Å². The smallest absolute Gasteiger partial charge is 0.338 e. The van der Waals surface area contributed by atoms with Gasteiger partial charge in [0.25, 0.3) is 0 Å². The maximum atomic E-state index is 11.7. The zero-order valence-electron chi connectivity index (χ0n) is 14.0. The van der Waals surface area contributed by atoms with Crippen molar-refractivity contribution in [3.8, 4) is 11.5 Å². The van der Waals surface area contributed by atoms with Gasteiger partial charge in [-0.3, -0.25) is 9.97 Å². The van der Waals surface area contributed by atoms with E-state index in [9.17, 15) is 4.79 Å². The molecule has 122 valence electrons. The first-order chi connectivity index (χ1) is 10.9. The Kier molecular flexibility index (Phi) is 5.16. The minimum absolute atomic E-state index is 0.258. The summed E-state index contributed by atoms with van der Waals surface area (Å²) in [5.41, 5.74) is 3.72. The van der Waals surface area contributed by atoms with Crippen molar-refractivity contribution in [2.45, 2.75) is 27.4 Å². The number of carbonyl (C=O) groups excluding carboxylic acids is 1. The van der Waals surface area contributed by atoms with E-state index in [0.29, 0.717) is 17.1 Å². The Balaban J connectivity index is 2.23. The molecule has 0 N–H and O–H groups in total. The number of nitrogens with zero attached hydrogens (tertiary/aromatic N) is 2. The first-order valence-electron chi connectivity index (χ1n) is 7.15. The summed E-state index contributed by atoms with van der Waals surface area (Å²) in [5, 5.41) is 0. The summed E-state index contributed by atoms with van der Waals surface area (Å²) in [6, 6.07) is 4.91. The summed E-state index contributed by atoms with van der Waals surface area (Å²) >= 11 is 0. The average molecular weight is 316 g/mol. The van der Waals surface area contributed by atoms with E-state index in [1.807, 2.05) is 20.8 Å². The van der Waals surface area contributed by atoms with Gasteiger partial charge in [0.2, 0.25) is 0 Å². The highest BCUT2D eigenvalue weighted by molar-refractivity contribution is 5.90. The highest BCUT2D eigenvalue weighted by atomic mass is 16.5. The molecule has 23 heavy (non-hydrogen) atoms. The number of methoxy groups -OCH3 is 2. The molecular weight excluding hydrogens is 296 g/mol. The van der Waals surface area contributed by atoms with Crippen molar-refractivity contribution in [1.29, 1.82) is 0 Å². The van der Waals surface area contributed by atoms with Gasteiger partial charge in [0, 0.05) is 6.07 Å². The number of aryl methyl sites for hydroxylation is 3. The predicted molar refractivity (Wildman–Crippen MR) is 84.9 cm³/mol. The van der Waals surface area contributed by atoms with Crippen molar-refractivity contribution in [2.24, 2.45) is 0 Å². The molecule has 0 saturated carbocycles. The third-order valence-corrected chi connectivity index (χ3v) is 3.49. The fourth-order valence-electron chi connectivity index (χ4n) is 2.06. The molecule has 0 radical (unpaired) electrons. The van der Waals surface area contributed by atoms with Gasteiger partial charge < -0.3 is 14.2 Å². The van der Waals surface area contributed by atoms with E-state index in [1.54, 1.807) is 18.2 Å². The van der Waals surface area contributed by atoms with E-state index in [0.717, 1.165) is 22.8 Å². The Labute approximate surface area is 135 Å². The second-order valence-electron chi connectivity index (χ2n) is 5.10. The lowest BCUT2D eigenvalue weighted by atomic mass is 10.2. The number of hydrogen-bond acceptors (Lipinski definition) is 6. The molecule has 2 aromatic rings. The molecule has 6 nitrogen and oxygen atoms in total. The standard InChI is InChI=1S/C17H20N2O4/c1-10-11(2)19-16(12(3)18-10)9-23-15-7-13(17(20)22-5)6-14(8-15)21-4/h6-8H,9H2,1-5H3. The fourth-order valence-corrected chi connectivity index (χ4v) is 2.06. The molecule has 0 unspecified atom stereocenters. The van der Waals surface area contributed by atoms with Crippen LogP contribution >= 0.6 is 0 Å². The van der Waals surface area contributed by atoms with Crippen LogP contribution in [0.25, 0.3) is 0 Å². The topological polar surface area (TPSA) is 70.5 Å². The van der Waals surface area contributed by atoms with Gasteiger partial charge in [-0.05, 0) is 32.9 Å². The second kappa shape index (κ2) is 7.09. The Morgan fingerprint density at radius 3 is 2.26 bits per heavy atom. The van der Waals surface area contributed by atoms with E-state index >= 15 is 0 Å². The first-order valence-corrected chi connectivity index (χ1v) is 7.15. The summed E-state index contributed by atoms with van der Waals surface area (Å²) in [6.45, 7) is 5.98. The van der Waals surface area contributed by atoms with Crippen LogP contribution in [0.2, 0.25) is 0 Å². The van der Waals surface area contributed by atoms with Crippen molar-refractivity contribution in [3.63, 3.8) is 0 Å². The Bertz CT molecular complexity index is 729. The summed E-state index contributed by atoms with van der Waals surface area (Å²) in [4.78, 5) is 20.6. The molecule has 1 aromatic carbocycles. The molecule has 0 fully saturated rings. The van der Waals surface area contributed by atoms with Crippen LogP contribution in [0.3, 0.4) is 0 Å². The fraction of sp³-hybridized carbons (Fsp3) is 0.353. The molecular formula is C17H20N2O4. The summed E-state index contributed by atoms with van der Waals surface area (Å²) in [5.74, 6) is 0.575. The maximum absolute atomic E-state index is 11.7. The van der Waals surface area contributed by atoms with Gasteiger partial charge in [0.15, 0.2) is 0 Å². The zero-order valence-corrected chi connectivity index (χ0v) is 14.0. The van der Waals surface area contributed by atoms with Crippen molar-refractivity contribution in [3.05, 3.63) is 46.5 Å². The molecule has 0 amide bonds. The SMILES string of the molecule is COC(=O)c1cc(OC)cc(OCc2nc(C)c(C)nc2C)c1. The number of rotatable bonds is 5. The van der Waals surface area contributed by atoms with Crippen molar-refractivity contribution in [2.75, 3.05) is 14.2 Å². The highest BCUT2D eigenvalue weighted by Gasteiger charge is 2.11. The van der Waals surface area contributed by atoms with Crippen molar-refractivity contribution >= 4 is 5.97 Å². The van der Waals surface area contributed by atoms with Gasteiger partial charge >= 0.3 is 5.97 Å². The van der Waals surface area contributed by atoms with Crippen LogP contribution in [-0.2, 0) is 11.3 Å². The maximum Gasteiger partial charge on any atom is 0.338 e. The molecule has 0 aliphatic rings. The molecule has 0 atom stereocenters. The zero-order chi connectivity index (χ0) is 17.0. The van der Waals surface area contributed by atoms with Gasteiger partial charge in [-0.15, -0.1) is 0 Å². The number of aromatic nitrogens is 2. The molecule has 0 saturated heterocycles. The van der Waals surface area contributed by atoms with E-state index in [1.165, 1.54) is 14.2 Å². The van der Waals surface area contributed by atoms with Crippen LogP contribution in [0.4, 0.5) is 0 Å². The number of esters is 1. The molecule has 6 heteroatoms. The van der Waals surface area contributed by atoms with Crippen molar-refractivity contribution < 1.29 is 19.0 Å². The van der Waals surface area contributed by atoms with Gasteiger partial charge in [-0.1, -0.05) is 0 Å². The second-order valence-corrected chi connectivity index (χ2v) is 5.10. The van der Waals surface area contributed by atoms with Crippen LogP contribution in [0.5, 0.6) is 11.5 Å². The monoisotopic (exact) mass is 316 g/mol. The van der Waals surface area contributed by atoms with Crippen LogP contribution in [0.1, 0.15) is 33.1 Å². The minimum Gasteiger partial charge on any atom is -0.497 e. The van der Waals surface area contributed by atoms with Gasteiger partial charge in [0.1, 0.15) is 18.1 Å². The molecule has 1 heterocycles. The van der Waals surface area contributed by atoms with Crippen LogP contribution in [0, 0.1) is 20.8 Å². The summed E-state index contributed by atoms with van der Waals surface area (Å²) < 4.78 is 15.7. The van der Waals surface area contributed by atoms with Gasteiger partial charge in [-0.2, -0.15) is 0 Å². The lowest BCUT2D eigenvalue weighted by Crippen LogP contribution is -2.07. The van der Waals surface area contributed by atoms with E-state index in [2.05, 4.69) is 9.97 Å². The lowest BCUT2D eigenvalue weighted by Gasteiger charge is -2.12. The van der Waals surface area contributed by atoms with E-state index in [4.69, 9.17) is 14.2 Å². The lowest BCUT2D eigenvalue weighted by molar-refractivity contribution is 0.0599. The number of benzene rings is 1. The predicted octanol–water partition coefficient (Wildman–Crippen LogP) is 2.78. The summed E-state index contributed by atoms with van der Waals surface area (Å²) in [7, 11) is 2.86. The number of hydrogen-bond donors (Lipinski definition) is 0. The molecule has 1 aromatic heterocycles.